The van der Waals surface area contributed by atoms with Crippen molar-refractivity contribution < 1.29 is 13.9 Å². The van der Waals surface area contributed by atoms with Crippen molar-refractivity contribution in [1.29, 1.82) is 0 Å². The lowest BCUT2D eigenvalue weighted by Gasteiger charge is -2.18. The number of aliphatic hydroxyl groups excluding tert-OH is 1. The Kier molecular flexibility index (Phi) is 5.42. The molecule has 2 N–H and O–H groups in total. The minimum atomic E-state index is -1.07. The van der Waals surface area contributed by atoms with Gasteiger partial charge < -0.3 is 10.4 Å². The molecular formula is C17H19F2NO. The summed E-state index contributed by atoms with van der Waals surface area (Å²) in [6.07, 6.45) is -0.266. The maximum atomic E-state index is 13.5. The first-order valence-corrected chi connectivity index (χ1v) is 6.96. The molecule has 2 nitrogen and oxygen atoms in total. The van der Waals surface area contributed by atoms with Gasteiger partial charge in [-0.25, -0.2) is 8.78 Å². The van der Waals surface area contributed by atoms with Crippen LogP contribution in [0, 0.1) is 11.6 Å². The molecule has 0 radical (unpaired) electrons. The summed E-state index contributed by atoms with van der Waals surface area (Å²) in [7, 11) is 0. The fraction of sp³-hybridized carbons (Fsp3) is 0.294. The molecule has 2 unspecified atom stereocenters. The number of halogens is 2. The Hall–Kier alpha value is -1.78. The van der Waals surface area contributed by atoms with Crippen molar-refractivity contribution in [3.63, 3.8) is 0 Å². The average Bonchev–Trinajstić information content (AvgIpc) is 2.48. The SMILES string of the molecule is CC(Cc1ccccc1)NCC(O)c1cc(F)ccc1F. The van der Waals surface area contributed by atoms with Crippen LogP contribution in [0.4, 0.5) is 8.78 Å². The van der Waals surface area contributed by atoms with Gasteiger partial charge in [0, 0.05) is 18.2 Å². The largest absolute Gasteiger partial charge is 0.387 e. The topological polar surface area (TPSA) is 32.3 Å². The lowest BCUT2D eigenvalue weighted by molar-refractivity contribution is 0.165. The van der Waals surface area contributed by atoms with E-state index in [1.165, 1.54) is 5.56 Å². The fourth-order valence-electron chi connectivity index (χ4n) is 2.23. The van der Waals surface area contributed by atoms with E-state index in [-0.39, 0.29) is 18.2 Å². The lowest BCUT2D eigenvalue weighted by atomic mass is 10.1. The molecule has 0 aliphatic rings. The van der Waals surface area contributed by atoms with Gasteiger partial charge in [-0.05, 0) is 37.1 Å². The van der Waals surface area contributed by atoms with Crippen LogP contribution in [0.1, 0.15) is 24.2 Å². The van der Waals surface area contributed by atoms with Gasteiger partial charge in [0.05, 0.1) is 6.10 Å². The molecule has 4 heteroatoms. The standard InChI is InChI=1S/C17H19F2NO/c1-12(9-13-5-3-2-4-6-13)20-11-17(21)15-10-14(18)7-8-16(15)19/h2-8,10,12,17,20-21H,9,11H2,1H3. The van der Waals surface area contributed by atoms with E-state index in [1.54, 1.807) is 0 Å². The van der Waals surface area contributed by atoms with Crippen molar-refractivity contribution in [3.05, 3.63) is 71.3 Å². The van der Waals surface area contributed by atoms with Crippen LogP contribution in [0.2, 0.25) is 0 Å². The zero-order valence-corrected chi connectivity index (χ0v) is 11.9. The summed E-state index contributed by atoms with van der Waals surface area (Å²) in [5.74, 6) is -1.15. The maximum Gasteiger partial charge on any atom is 0.129 e. The average molecular weight is 291 g/mol. The van der Waals surface area contributed by atoms with Crippen LogP contribution in [-0.2, 0) is 6.42 Å². The second kappa shape index (κ2) is 7.29. The third-order valence-electron chi connectivity index (χ3n) is 3.36. The molecule has 2 rings (SSSR count). The molecule has 21 heavy (non-hydrogen) atoms. The van der Waals surface area contributed by atoms with Crippen molar-refractivity contribution >= 4 is 0 Å². The van der Waals surface area contributed by atoms with E-state index in [2.05, 4.69) is 5.32 Å². The Labute approximate surface area is 123 Å². The zero-order valence-electron chi connectivity index (χ0n) is 11.9. The highest BCUT2D eigenvalue weighted by molar-refractivity contribution is 5.21. The zero-order chi connectivity index (χ0) is 15.2. The van der Waals surface area contributed by atoms with Crippen molar-refractivity contribution in [2.45, 2.75) is 25.5 Å². The maximum absolute atomic E-state index is 13.5. The molecule has 0 amide bonds. The number of hydrogen-bond donors (Lipinski definition) is 2. The molecule has 0 saturated carbocycles. The van der Waals surface area contributed by atoms with Gasteiger partial charge in [0.25, 0.3) is 0 Å². The van der Waals surface area contributed by atoms with Gasteiger partial charge in [-0.3, -0.25) is 0 Å². The summed E-state index contributed by atoms with van der Waals surface area (Å²) < 4.78 is 26.6. The molecule has 0 saturated heterocycles. The van der Waals surface area contributed by atoms with E-state index in [4.69, 9.17) is 0 Å². The first kappa shape index (κ1) is 15.6. The number of rotatable bonds is 6. The molecule has 112 valence electrons. The predicted octanol–water partition coefficient (Wildman–Crippen LogP) is 3.22. The van der Waals surface area contributed by atoms with Crippen molar-refractivity contribution in [1.82, 2.24) is 5.32 Å². The van der Waals surface area contributed by atoms with Crippen LogP contribution in [0.15, 0.2) is 48.5 Å². The lowest BCUT2D eigenvalue weighted by Crippen LogP contribution is -2.32. The van der Waals surface area contributed by atoms with Crippen LogP contribution in [0.25, 0.3) is 0 Å². The van der Waals surface area contributed by atoms with Crippen LogP contribution in [0.3, 0.4) is 0 Å². The Morgan fingerprint density at radius 1 is 1.10 bits per heavy atom. The van der Waals surface area contributed by atoms with Gasteiger partial charge in [0.15, 0.2) is 0 Å². The Morgan fingerprint density at radius 3 is 2.52 bits per heavy atom. The third-order valence-corrected chi connectivity index (χ3v) is 3.36. The first-order chi connectivity index (χ1) is 10.1. The highest BCUT2D eigenvalue weighted by Crippen LogP contribution is 2.18. The van der Waals surface area contributed by atoms with Crippen molar-refractivity contribution in [2.24, 2.45) is 0 Å². The van der Waals surface area contributed by atoms with Gasteiger partial charge in [-0.2, -0.15) is 0 Å². The van der Waals surface area contributed by atoms with Crippen LogP contribution in [0.5, 0.6) is 0 Å². The Morgan fingerprint density at radius 2 is 1.81 bits per heavy atom. The molecule has 0 fully saturated rings. The van der Waals surface area contributed by atoms with E-state index in [0.717, 1.165) is 24.6 Å². The number of nitrogens with one attached hydrogen (secondary N) is 1. The third kappa shape index (κ3) is 4.62. The molecule has 2 atom stereocenters. The number of benzene rings is 2. The van der Waals surface area contributed by atoms with Crippen molar-refractivity contribution in [2.75, 3.05) is 6.54 Å². The van der Waals surface area contributed by atoms with Gasteiger partial charge in [0.1, 0.15) is 11.6 Å². The number of hydrogen-bond acceptors (Lipinski definition) is 2. The molecule has 2 aromatic rings. The van der Waals surface area contributed by atoms with E-state index in [1.807, 2.05) is 37.3 Å². The number of aliphatic hydroxyl groups is 1. The van der Waals surface area contributed by atoms with E-state index in [9.17, 15) is 13.9 Å². The molecule has 0 aliphatic carbocycles. The summed E-state index contributed by atoms with van der Waals surface area (Å²) in [5.41, 5.74) is 1.17. The smallest absolute Gasteiger partial charge is 0.129 e. The molecule has 0 aromatic heterocycles. The van der Waals surface area contributed by atoms with E-state index in [0.29, 0.717) is 0 Å². The molecule has 0 spiro atoms. The molecule has 0 aliphatic heterocycles. The minimum absolute atomic E-state index is 0.0191. The molecule has 0 bridgehead atoms. The second-order valence-corrected chi connectivity index (χ2v) is 5.18. The molecular weight excluding hydrogens is 272 g/mol. The van der Waals surface area contributed by atoms with E-state index < -0.39 is 17.7 Å². The highest BCUT2D eigenvalue weighted by Gasteiger charge is 2.14. The van der Waals surface area contributed by atoms with Crippen LogP contribution in [-0.4, -0.2) is 17.7 Å². The Balaban J connectivity index is 1.88. The van der Waals surface area contributed by atoms with Gasteiger partial charge >= 0.3 is 0 Å². The van der Waals surface area contributed by atoms with Gasteiger partial charge in [0.2, 0.25) is 0 Å². The first-order valence-electron chi connectivity index (χ1n) is 6.96. The monoisotopic (exact) mass is 291 g/mol. The van der Waals surface area contributed by atoms with Crippen LogP contribution < -0.4 is 5.32 Å². The fourth-order valence-corrected chi connectivity index (χ4v) is 2.23. The van der Waals surface area contributed by atoms with Crippen LogP contribution >= 0.6 is 0 Å². The highest BCUT2D eigenvalue weighted by atomic mass is 19.1. The molecule has 2 aromatic carbocycles. The Bertz CT molecular complexity index is 574. The predicted molar refractivity (Wildman–Crippen MR) is 78.9 cm³/mol. The molecule has 0 heterocycles. The van der Waals surface area contributed by atoms with Crippen molar-refractivity contribution in [3.8, 4) is 0 Å². The van der Waals surface area contributed by atoms with Gasteiger partial charge in [-0.1, -0.05) is 30.3 Å². The second-order valence-electron chi connectivity index (χ2n) is 5.18. The summed E-state index contributed by atoms with van der Waals surface area (Å²) in [6, 6.07) is 13.2. The van der Waals surface area contributed by atoms with Gasteiger partial charge in [-0.15, -0.1) is 0 Å². The summed E-state index contributed by atoms with van der Waals surface area (Å²) >= 11 is 0. The minimum Gasteiger partial charge on any atom is -0.387 e. The summed E-state index contributed by atoms with van der Waals surface area (Å²) in [4.78, 5) is 0. The van der Waals surface area contributed by atoms with E-state index >= 15 is 0 Å². The summed E-state index contributed by atoms with van der Waals surface area (Å²) in [6.45, 7) is 2.16. The normalized spacial score (nSPS) is 13.9. The summed E-state index contributed by atoms with van der Waals surface area (Å²) in [5, 5.41) is 13.1. The quantitative estimate of drug-likeness (QED) is 0.856.